The second kappa shape index (κ2) is 8.51. The highest BCUT2D eigenvalue weighted by Crippen LogP contribution is 2.45. The summed E-state index contributed by atoms with van der Waals surface area (Å²) < 4.78 is 11.5. The molecule has 35 heavy (non-hydrogen) atoms. The third-order valence-corrected chi connectivity index (χ3v) is 6.95. The van der Waals surface area contributed by atoms with E-state index < -0.39 is 11.6 Å². The van der Waals surface area contributed by atoms with Crippen LogP contribution >= 0.6 is 0 Å². The van der Waals surface area contributed by atoms with Crippen LogP contribution in [0.3, 0.4) is 0 Å². The van der Waals surface area contributed by atoms with Crippen molar-refractivity contribution in [3.05, 3.63) is 107 Å². The number of ether oxygens (including phenoxy) is 2. The second-order valence-electron chi connectivity index (χ2n) is 8.94. The summed E-state index contributed by atoms with van der Waals surface area (Å²) in [7, 11) is 0. The number of carbonyl (C=O) groups excluding carboxylic acids is 2. The SMILES string of the molecule is O=CC1(C2=CC(C(=O)Oc3ccccc3)Cc3c2ccc2c3CCc3ccccc3-2)N=CC=CO1. The molecule has 0 N–H and O–H groups in total. The number of fused-ring (bicyclic) bond motifs is 5. The van der Waals surface area contributed by atoms with E-state index in [-0.39, 0.29) is 5.97 Å². The van der Waals surface area contributed by atoms with Crippen molar-refractivity contribution < 1.29 is 19.1 Å². The summed E-state index contributed by atoms with van der Waals surface area (Å²) in [6.07, 6.45) is 9.42. The molecular formula is C30H23NO4. The van der Waals surface area contributed by atoms with Gasteiger partial charge >= 0.3 is 5.97 Å². The number of allylic oxidation sites excluding steroid dienone is 1. The molecule has 0 saturated carbocycles. The fraction of sp³-hybridized carbons (Fsp3) is 0.167. The van der Waals surface area contributed by atoms with Gasteiger partial charge < -0.3 is 9.47 Å². The predicted octanol–water partition coefficient (Wildman–Crippen LogP) is 5.12. The number of esters is 1. The van der Waals surface area contributed by atoms with E-state index in [1.54, 1.807) is 30.5 Å². The Hall–Kier alpha value is -4.25. The Labute approximate surface area is 203 Å². The van der Waals surface area contributed by atoms with Crippen molar-refractivity contribution in [1.29, 1.82) is 0 Å². The van der Waals surface area contributed by atoms with Crippen LogP contribution in [-0.4, -0.2) is 24.2 Å². The number of aryl methyl sites for hydroxylation is 1. The van der Waals surface area contributed by atoms with Gasteiger partial charge in [0.25, 0.3) is 5.72 Å². The first kappa shape index (κ1) is 21.3. The van der Waals surface area contributed by atoms with Gasteiger partial charge in [0.15, 0.2) is 6.29 Å². The zero-order valence-electron chi connectivity index (χ0n) is 19.0. The van der Waals surface area contributed by atoms with Gasteiger partial charge in [-0.15, -0.1) is 0 Å². The maximum Gasteiger partial charge on any atom is 0.318 e. The van der Waals surface area contributed by atoms with E-state index in [4.69, 9.17) is 9.47 Å². The van der Waals surface area contributed by atoms with Gasteiger partial charge in [-0.05, 0) is 70.9 Å². The number of aldehydes is 1. The van der Waals surface area contributed by atoms with E-state index in [9.17, 15) is 9.59 Å². The van der Waals surface area contributed by atoms with Crippen LogP contribution in [0.1, 0.15) is 22.3 Å². The van der Waals surface area contributed by atoms with Gasteiger partial charge in [-0.2, -0.15) is 0 Å². The molecular weight excluding hydrogens is 438 g/mol. The number of para-hydroxylation sites is 1. The van der Waals surface area contributed by atoms with Crippen LogP contribution in [0.2, 0.25) is 0 Å². The monoisotopic (exact) mass is 461 g/mol. The minimum absolute atomic E-state index is 0.371. The van der Waals surface area contributed by atoms with Crippen molar-refractivity contribution in [1.82, 2.24) is 0 Å². The Morgan fingerprint density at radius 1 is 0.943 bits per heavy atom. The lowest BCUT2D eigenvalue weighted by Crippen LogP contribution is -2.37. The molecule has 2 unspecified atom stereocenters. The highest BCUT2D eigenvalue weighted by atomic mass is 16.5. The first-order valence-corrected chi connectivity index (χ1v) is 11.8. The molecule has 2 aliphatic carbocycles. The lowest BCUT2D eigenvalue weighted by molar-refractivity contribution is -0.137. The molecule has 5 heteroatoms. The molecule has 3 aromatic carbocycles. The molecule has 0 fully saturated rings. The molecule has 6 rings (SSSR count). The van der Waals surface area contributed by atoms with Crippen LogP contribution in [0.4, 0.5) is 0 Å². The summed E-state index contributed by atoms with van der Waals surface area (Å²) >= 11 is 0. The topological polar surface area (TPSA) is 65.0 Å². The lowest BCUT2D eigenvalue weighted by Gasteiger charge is -2.35. The Bertz CT molecular complexity index is 1420. The Morgan fingerprint density at radius 2 is 1.74 bits per heavy atom. The zero-order valence-corrected chi connectivity index (χ0v) is 19.0. The number of carbonyl (C=O) groups is 2. The van der Waals surface area contributed by atoms with E-state index in [1.807, 2.05) is 24.3 Å². The average molecular weight is 462 g/mol. The second-order valence-corrected chi connectivity index (χ2v) is 8.94. The summed E-state index contributed by atoms with van der Waals surface area (Å²) in [4.78, 5) is 30.1. The number of benzene rings is 3. The van der Waals surface area contributed by atoms with Crippen molar-refractivity contribution in [3.63, 3.8) is 0 Å². The average Bonchev–Trinajstić information content (AvgIpc) is 2.93. The van der Waals surface area contributed by atoms with Crippen molar-refractivity contribution in [2.24, 2.45) is 10.9 Å². The lowest BCUT2D eigenvalue weighted by atomic mass is 9.74. The maximum absolute atomic E-state index is 13.3. The van der Waals surface area contributed by atoms with Gasteiger partial charge in [-0.25, -0.2) is 4.99 Å². The van der Waals surface area contributed by atoms with Gasteiger partial charge in [0.05, 0.1) is 12.2 Å². The van der Waals surface area contributed by atoms with Crippen LogP contribution in [0, 0.1) is 5.92 Å². The van der Waals surface area contributed by atoms with Crippen molar-refractivity contribution in [3.8, 4) is 16.9 Å². The molecule has 0 amide bonds. The third kappa shape index (κ3) is 3.60. The van der Waals surface area contributed by atoms with Crippen molar-refractivity contribution in [2.45, 2.75) is 25.0 Å². The number of rotatable bonds is 4. The molecule has 0 saturated heterocycles. The predicted molar refractivity (Wildman–Crippen MR) is 134 cm³/mol. The van der Waals surface area contributed by atoms with Gasteiger partial charge in [0.2, 0.25) is 0 Å². The molecule has 3 aliphatic rings. The third-order valence-electron chi connectivity index (χ3n) is 6.95. The Morgan fingerprint density at radius 3 is 2.54 bits per heavy atom. The van der Waals surface area contributed by atoms with Crippen LogP contribution in [0.5, 0.6) is 5.75 Å². The first-order valence-electron chi connectivity index (χ1n) is 11.8. The highest BCUT2D eigenvalue weighted by molar-refractivity contribution is 5.96. The molecule has 5 nitrogen and oxygen atoms in total. The molecule has 0 radical (unpaired) electrons. The van der Waals surface area contributed by atoms with E-state index >= 15 is 0 Å². The number of nitrogens with zero attached hydrogens (tertiary/aromatic N) is 1. The smallest absolute Gasteiger partial charge is 0.318 e. The summed E-state index contributed by atoms with van der Waals surface area (Å²) in [6, 6.07) is 21.6. The van der Waals surface area contributed by atoms with E-state index in [0.717, 1.165) is 24.0 Å². The van der Waals surface area contributed by atoms with Gasteiger partial charge in [0, 0.05) is 11.8 Å². The van der Waals surface area contributed by atoms with Crippen LogP contribution in [-0.2, 0) is 33.6 Å². The van der Waals surface area contributed by atoms with Gasteiger partial charge in [-0.3, -0.25) is 9.59 Å². The molecule has 172 valence electrons. The summed E-state index contributed by atoms with van der Waals surface area (Å²) in [5, 5.41) is 0. The molecule has 0 spiro atoms. The molecule has 0 aromatic heterocycles. The van der Waals surface area contributed by atoms with E-state index in [0.29, 0.717) is 24.0 Å². The van der Waals surface area contributed by atoms with Gasteiger partial charge in [-0.1, -0.05) is 60.7 Å². The Balaban J connectivity index is 1.49. The minimum atomic E-state index is -1.53. The normalized spacial score (nSPS) is 21.6. The Kier molecular flexibility index (Phi) is 5.18. The van der Waals surface area contributed by atoms with E-state index in [2.05, 4.69) is 35.3 Å². The molecule has 1 aliphatic heterocycles. The number of hydrogen-bond acceptors (Lipinski definition) is 5. The maximum atomic E-state index is 13.3. The zero-order chi connectivity index (χ0) is 23.8. The summed E-state index contributed by atoms with van der Waals surface area (Å²) in [5.74, 6) is -0.463. The van der Waals surface area contributed by atoms with Crippen molar-refractivity contribution >= 4 is 24.0 Å². The van der Waals surface area contributed by atoms with Crippen LogP contribution < -0.4 is 4.74 Å². The fourth-order valence-electron chi connectivity index (χ4n) is 5.31. The fourth-order valence-corrected chi connectivity index (χ4v) is 5.31. The molecule has 3 aromatic rings. The van der Waals surface area contributed by atoms with Gasteiger partial charge in [0.1, 0.15) is 5.75 Å². The molecule has 2 atom stereocenters. The molecule has 1 heterocycles. The standard InChI is InChI=1S/C30H23NO4/c32-19-30(31-15-6-16-34-30)28-18-21(29(33)35-22-8-2-1-3-9-22)17-27-25-12-11-20-7-4-5-10-23(20)24(25)13-14-26(27)28/h1-10,13-16,18-19,21H,11-12,17H2. The van der Waals surface area contributed by atoms with Crippen LogP contribution in [0.15, 0.2) is 90.1 Å². The van der Waals surface area contributed by atoms with Crippen molar-refractivity contribution in [2.75, 3.05) is 0 Å². The quantitative estimate of drug-likeness (QED) is 0.307. The number of hydrogen-bond donors (Lipinski definition) is 0. The number of aliphatic imine (C=N–C) groups is 1. The first-order chi connectivity index (χ1) is 17.2. The summed E-state index contributed by atoms with van der Waals surface area (Å²) in [6.45, 7) is 0. The minimum Gasteiger partial charge on any atom is -0.462 e. The highest BCUT2D eigenvalue weighted by Gasteiger charge is 2.42. The molecule has 0 bridgehead atoms. The summed E-state index contributed by atoms with van der Waals surface area (Å²) in [5.41, 5.74) is 5.92. The van der Waals surface area contributed by atoms with E-state index in [1.165, 1.54) is 28.5 Å². The largest absolute Gasteiger partial charge is 0.462 e. The van der Waals surface area contributed by atoms with Crippen LogP contribution in [0.25, 0.3) is 16.7 Å².